The van der Waals surface area contributed by atoms with Crippen LogP contribution in [0.5, 0.6) is 0 Å². The first-order valence-corrected chi connectivity index (χ1v) is 12.9. The molecule has 0 heterocycles. The van der Waals surface area contributed by atoms with Crippen LogP contribution in [0.15, 0.2) is 24.3 Å². The normalized spacial score (nSPS) is 12.7. The first kappa shape index (κ1) is 31.3. The molecule has 0 radical (unpaired) electrons. The van der Waals surface area contributed by atoms with E-state index in [-0.39, 0.29) is 25.6 Å². The molecule has 6 nitrogen and oxygen atoms in total. The Labute approximate surface area is 202 Å². The summed E-state index contributed by atoms with van der Waals surface area (Å²) in [5, 5.41) is 8.63. The van der Waals surface area contributed by atoms with Gasteiger partial charge in [-0.25, -0.2) is 0 Å². The van der Waals surface area contributed by atoms with E-state index in [4.69, 9.17) is 14.6 Å². The minimum absolute atomic E-state index is 0.101. The number of nitrogens with zero attached hydrogens (tertiary/aromatic N) is 1. The van der Waals surface area contributed by atoms with Gasteiger partial charge in [-0.3, -0.25) is 9.59 Å². The molecule has 0 aliphatic heterocycles. The molecule has 0 aromatic heterocycles. The Bertz CT molecular complexity index is 531. The van der Waals surface area contributed by atoms with Crippen LogP contribution in [-0.2, 0) is 19.1 Å². The molecule has 1 atom stereocenters. The summed E-state index contributed by atoms with van der Waals surface area (Å²) in [5.74, 6) is -1.48. The number of ether oxygens (including phenoxy) is 2. The molecule has 1 N–H and O–H groups in total. The molecule has 0 saturated carbocycles. The number of likely N-dealkylation sites (N-methyl/N-ethyl adjacent to an activating group) is 1. The topological polar surface area (TPSA) is 76.1 Å². The molecule has 0 saturated heterocycles. The minimum atomic E-state index is -0.995. The maximum absolute atomic E-state index is 11.6. The summed E-state index contributed by atoms with van der Waals surface area (Å²) in [6.07, 6.45) is 23.2. The van der Waals surface area contributed by atoms with Crippen molar-refractivity contribution in [3.05, 3.63) is 24.3 Å². The second-order valence-corrected chi connectivity index (χ2v) is 8.92. The Hall–Kier alpha value is -1.66. The van der Waals surface area contributed by atoms with Crippen molar-refractivity contribution < 1.29 is 24.2 Å². The molecule has 1 unspecified atom stereocenters. The van der Waals surface area contributed by atoms with Crippen molar-refractivity contribution in [1.82, 2.24) is 4.90 Å². The van der Waals surface area contributed by atoms with Gasteiger partial charge in [-0.1, -0.05) is 69.8 Å². The summed E-state index contributed by atoms with van der Waals surface area (Å²) in [7, 11) is 3.90. The van der Waals surface area contributed by atoms with E-state index in [0.717, 1.165) is 19.3 Å². The lowest BCUT2D eigenvalue weighted by atomic mass is 10.1. The number of unbranched alkanes of at least 4 members (excludes halogenated alkanes) is 9. The van der Waals surface area contributed by atoms with E-state index in [1.54, 1.807) is 0 Å². The van der Waals surface area contributed by atoms with E-state index in [9.17, 15) is 9.59 Å². The van der Waals surface area contributed by atoms with Gasteiger partial charge in [0, 0.05) is 13.2 Å². The van der Waals surface area contributed by atoms with Gasteiger partial charge < -0.3 is 19.5 Å². The quantitative estimate of drug-likeness (QED) is 0.110. The molecule has 192 valence electrons. The van der Waals surface area contributed by atoms with Gasteiger partial charge in [0.1, 0.15) is 12.7 Å². The molecule has 0 aliphatic carbocycles. The molecule has 6 heteroatoms. The van der Waals surface area contributed by atoms with Crippen molar-refractivity contribution in [2.75, 3.05) is 33.9 Å². The largest absolute Gasteiger partial charge is 0.481 e. The van der Waals surface area contributed by atoms with Crippen LogP contribution >= 0.6 is 0 Å². The highest BCUT2D eigenvalue weighted by Gasteiger charge is 2.14. The zero-order valence-corrected chi connectivity index (χ0v) is 21.4. The third-order valence-corrected chi connectivity index (χ3v) is 5.24. The van der Waals surface area contributed by atoms with E-state index in [2.05, 4.69) is 31.2 Å². The summed E-state index contributed by atoms with van der Waals surface area (Å²) in [5.41, 5.74) is 0. The summed E-state index contributed by atoms with van der Waals surface area (Å²) in [6, 6.07) is 0. The highest BCUT2D eigenvalue weighted by molar-refractivity contribution is 5.76. The van der Waals surface area contributed by atoms with Crippen LogP contribution in [-0.4, -0.2) is 61.9 Å². The van der Waals surface area contributed by atoms with Crippen LogP contribution in [0, 0.1) is 0 Å². The number of esters is 1. The maximum Gasteiger partial charge on any atom is 0.306 e. The SMILES string of the molecule is CCCCC/C=C\C/C=C\CCCCCCCCOC(COC(=O)CCC(=O)O)CN(C)C. The van der Waals surface area contributed by atoms with Gasteiger partial charge >= 0.3 is 11.9 Å². The number of aliphatic carboxylic acids is 1. The molecule has 0 rings (SSSR count). The maximum atomic E-state index is 11.6. The van der Waals surface area contributed by atoms with Crippen LogP contribution in [0.1, 0.15) is 96.8 Å². The number of carboxylic acid groups (broad SMARTS) is 1. The van der Waals surface area contributed by atoms with Crippen LogP contribution in [0.4, 0.5) is 0 Å². The van der Waals surface area contributed by atoms with Crippen molar-refractivity contribution >= 4 is 11.9 Å². The van der Waals surface area contributed by atoms with Crippen molar-refractivity contribution in [1.29, 1.82) is 0 Å². The fraction of sp³-hybridized carbons (Fsp3) is 0.778. The van der Waals surface area contributed by atoms with Crippen LogP contribution in [0.2, 0.25) is 0 Å². The zero-order valence-electron chi connectivity index (χ0n) is 21.4. The first-order valence-electron chi connectivity index (χ1n) is 12.9. The van der Waals surface area contributed by atoms with Crippen LogP contribution in [0.3, 0.4) is 0 Å². The number of carboxylic acids is 1. The minimum Gasteiger partial charge on any atom is -0.481 e. The van der Waals surface area contributed by atoms with Gasteiger partial charge in [-0.05, 0) is 52.6 Å². The van der Waals surface area contributed by atoms with Crippen LogP contribution in [0.25, 0.3) is 0 Å². The predicted molar refractivity (Wildman–Crippen MR) is 135 cm³/mol. The molecule has 0 amide bonds. The second kappa shape index (κ2) is 23.5. The molecule has 0 spiro atoms. The van der Waals surface area contributed by atoms with E-state index < -0.39 is 11.9 Å². The molecule has 0 aromatic rings. The molecule has 0 aromatic carbocycles. The van der Waals surface area contributed by atoms with Gasteiger partial charge in [0.05, 0.1) is 12.8 Å². The third kappa shape index (κ3) is 24.8. The van der Waals surface area contributed by atoms with Crippen LogP contribution < -0.4 is 0 Å². The van der Waals surface area contributed by atoms with Gasteiger partial charge in [0.15, 0.2) is 0 Å². The second-order valence-electron chi connectivity index (χ2n) is 8.92. The van der Waals surface area contributed by atoms with E-state index in [1.807, 2.05) is 19.0 Å². The fourth-order valence-corrected chi connectivity index (χ4v) is 3.37. The van der Waals surface area contributed by atoms with E-state index in [0.29, 0.717) is 13.2 Å². The number of allylic oxidation sites excluding steroid dienone is 4. The van der Waals surface area contributed by atoms with Crippen molar-refractivity contribution in [2.24, 2.45) is 0 Å². The molecule has 0 fully saturated rings. The highest BCUT2D eigenvalue weighted by atomic mass is 16.6. The fourth-order valence-electron chi connectivity index (χ4n) is 3.37. The number of carbonyl (C=O) groups excluding carboxylic acids is 1. The van der Waals surface area contributed by atoms with Gasteiger partial charge in [0.2, 0.25) is 0 Å². The number of hydrogen-bond acceptors (Lipinski definition) is 5. The molecule has 0 bridgehead atoms. The summed E-state index contributed by atoms with van der Waals surface area (Å²) < 4.78 is 11.1. The van der Waals surface area contributed by atoms with Crippen molar-refractivity contribution in [2.45, 2.75) is 103 Å². The average Bonchev–Trinajstić information content (AvgIpc) is 2.77. The summed E-state index contributed by atoms with van der Waals surface area (Å²) in [6.45, 7) is 3.72. The van der Waals surface area contributed by atoms with Crippen molar-refractivity contribution in [3.8, 4) is 0 Å². The number of carbonyl (C=O) groups is 2. The Kier molecular flexibility index (Phi) is 22.3. The molecular weight excluding hydrogens is 418 g/mol. The molecule has 33 heavy (non-hydrogen) atoms. The highest BCUT2D eigenvalue weighted by Crippen LogP contribution is 2.09. The third-order valence-electron chi connectivity index (χ3n) is 5.24. The molecule has 0 aliphatic rings. The summed E-state index contributed by atoms with van der Waals surface area (Å²) >= 11 is 0. The lowest BCUT2D eigenvalue weighted by Gasteiger charge is -2.21. The Balaban J connectivity index is 3.67. The Morgan fingerprint density at radius 1 is 0.848 bits per heavy atom. The van der Waals surface area contributed by atoms with E-state index >= 15 is 0 Å². The monoisotopic (exact) mass is 467 g/mol. The average molecular weight is 468 g/mol. The first-order chi connectivity index (χ1) is 16.0. The van der Waals surface area contributed by atoms with Gasteiger partial charge in [-0.2, -0.15) is 0 Å². The number of rotatable bonds is 23. The van der Waals surface area contributed by atoms with Gasteiger partial charge in [0.25, 0.3) is 0 Å². The Morgan fingerprint density at radius 2 is 1.45 bits per heavy atom. The lowest BCUT2D eigenvalue weighted by molar-refractivity contribution is -0.151. The smallest absolute Gasteiger partial charge is 0.306 e. The molecular formula is C27H49NO5. The summed E-state index contributed by atoms with van der Waals surface area (Å²) in [4.78, 5) is 24.1. The zero-order chi connectivity index (χ0) is 24.6. The van der Waals surface area contributed by atoms with Crippen molar-refractivity contribution in [3.63, 3.8) is 0 Å². The lowest BCUT2D eigenvalue weighted by Crippen LogP contribution is -2.33. The number of hydrogen-bond donors (Lipinski definition) is 1. The standard InChI is InChI=1S/C27H49NO5/c1-4-5-6-7-8-9-10-11-12-13-14-15-16-17-18-19-22-32-25(23-28(2)3)24-33-27(31)21-20-26(29)30/h8-9,11-12,25H,4-7,10,13-24H2,1-3H3,(H,29,30)/b9-8-,12-11-. The Morgan fingerprint density at radius 3 is 2.06 bits per heavy atom. The van der Waals surface area contributed by atoms with E-state index in [1.165, 1.54) is 57.8 Å². The van der Waals surface area contributed by atoms with Gasteiger partial charge in [-0.15, -0.1) is 0 Å². The predicted octanol–water partition coefficient (Wildman–Crippen LogP) is 6.15.